The van der Waals surface area contributed by atoms with Gasteiger partial charge in [-0.2, -0.15) is 9.57 Å². The van der Waals surface area contributed by atoms with Crippen LogP contribution in [0, 0.1) is 18.3 Å². The molecule has 2 bridgehead atoms. The third-order valence-electron chi connectivity index (χ3n) is 4.51. The zero-order valence-electron chi connectivity index (χ0n) is 11.9. The topological polar surface area (TPSA) is 81.4 Å². The number of aryl methyl sites for hydroxylation is 1. The van der Waals surface area contributed by atoms with Gasteiger partial charge in [-0.25, -0.2) is 8.42 Å². The average Bonchev–Trinajstić information content (AvgIpc) is 2.73. The van der Waals surface area contributed by atoms with E-state index in [1.807, 2.05) is 6.07 Å². The van der Waals surface area contributed by atoms with Crippen molar-refractivity contribution in [2.45, 2.75) is 55.7 Å². The number of benzene rings is 1. The predicted molar refractivity (Wildman–Crippen MR) is 77.0 cm³/mol. The minimum atomic E-state index is -3.61. The van der Waals surface area contributed by atoms with Crippen molar-refractivity contribution in [3.05, 3.63) is 29.3 Å². The lowest BCUT2D eigenvalue weighted by molar-refractivity contribution is 0.0768. The number of nitriles is 1. The molecule has 2 aliphatic rings. The molecule has 2 heterocycles. The molecule has 1 N–H and O–H groups in total. The third-order valence-corrected chi connectivity index (χ3v) is 6.66. The van der Waals surface area contributed by atoms with Gasteiger partial charge in [-0.3, -0.25) is 0 Å². The van der Waals surface area contributed by atoms with Gasteiger partial charge in [-0.05, 0) is 50.3 Å². The van der Waals surface area contributed by atoms with Crippen molar-refractivity contribution in [2.75, 3.05) is 0 Å². The van der Waals surface area contributed by atoms with E-state index in [0.29, 0.717) is 24.0 Å². The summed E-state index contributed by atoms with van der Waals surface area (Å²) in [5.74, 6) is 0. The lowest BCUT2D eigenvalue weighted by atomic mass is 10.0. The Morgan fingerprint density at radius 3 is 2.48 bits per heavy atom. The fourth-order valence-corrected chi connectivity index (χ4v) is 5.70. The molecule has 0 spiro atoms. The highest BCUT2D eigenvalue weighted by Gasteiger charge is 2.47. The zero-order chi connectivity index (χ0) is 15.2. The van der Waals surface area contributed by atoms with Crippen LogP contribution in [0.15, 0.2) is 23.1 Å². The van der Waals surface area contributed by atoms with E-state index in [-0.39, 0.29) is 17.0 Å². The molecule has 6 heteroatoms. The van der Waals surface area contributed by atoms with Crippen LogP contribution in [0.25, 0.3) is 0 Å². The summed E-state index contributed by atoms with van der Waals surface area (Å²) < 4.78 is 27.5. The molecule has 0 amide bonds. The highest BCUT2D eigenvalue weighted by molar-refractivity contribution is 7.89. The van der Waals surface area contributed by atoms with Crippen LogP contribution in [0.4, 0.5) is 0 Å². The molecule has 2 atom stereocenters. The van der Waals surface area contributed by atoms with Gasteiger partial charge in [0.15, 0.2) is 0 Å². The summed E-state index contributed by atoms with van der Waals surface area (Å²) in [6.07, 6.45) is 2.22. The molecule has 2 aliphatic heterocycles. The number of fused-ring (bicyclic) bond motifs is 2. The Balaban J connectivity index is 2.04. The second-order valence-electron chi connectivity index (χ2n) is 5.94. The van der Waals surface area contributed by atoms with Crippen LogP contribution in [0.2, 0.25) is 0 Å². The SMILES string of the molecule is Cc1ccc(C#N)cc1S(=O)(=O)N1C2CCC1CC(O)C2. The van der Waals surface area contributed by atoms with Gasteiger partial charge in [0.1, 0.15) is 0 Å². The normalized spacial score (nSPS) is 29.3. The van der Waals surface area contributed by atoms with Crippen molar-refractivity contribution in [2.24, 2.45) is 0 Å². The van der Waals surface area contributed by atoms with Gasteiger partial charge in [0, 0.05) is 12.1 Å². The highest BCUT2D eigenvalue weighted by atomic mass is 32.2. The van der Waals surface area contributed by atoms with E-state index in [9.17, 15) is 13.5 Å². The molecule has 112 valence electrons. The van der Waals surface area contributed by atoms with E-state index < -0.39 is 16.1 Å². The zero-order valence-corrected chi connectivity index (χ0v) is 12.7. The maximum atomic E-state index is 13.0. The van der Waals surface area contributed by atoms with Crippen LogP contribution in [-0.2, 0) is 10.0 Å². The van der Waals surface area contributed by atoms with Crippen LogP contribution in [0.1, 0.15) is 36.8 Å². The van der Waals surface area contributed by atoms with Crippen LogP contribution in [0.5, 0.6) is 0 Å². The standard InChI is InChI=1S/C15H18N2O3S/c1-10-2-3-11(9-16)6-15(10)21(19,20)17-12-4-5-13(17)8-14(18)7-12/h2-3,6,12-14,18H,4-5,7-8H2,1H3. The largest absolute Gasteiger partial charge is 0.393 e. The van der Waals surface area contributed by atoms with E-state index in [1.165, 1.54) is 6.07 Å². The lowest BCUT2D eigenvalue weighted by Crippen LogP contribution is -2.48. The van der Waals surface area contributed by atoms with Crippen LogP contribution < -0.4 is 0 Å². The van der Waals surface area contributed by atoms with E-state index in [1.54, 1.807) is 23.4 Å². The van der Waals surface area contributed by atoms with Crippen molar-refractivity contribution in [1.82, 2.24) is 4.31 Å². The Bertz CT molecular complexity index is 694. The molecule has 0 aliphatic carbocycles. The first-order chi connectivity index (χ1) is 9.93. The van der Waals surface area contributed by atoms with Gasteiger partial charge < -0.3 is 5.11 Å². The van der Waals surface area contributed by atoms with Gasteiger partial charge in [0.25, 0.3) is 0 Å². The monoisotopic (exact) mass is 306 g/mol. The van der Waals surface area contributed by atoms with E-state index >= 15 is 0 Å². The van der Waals surface area contributed by atoms with Gasteiger partial charge in [0.2, 0.25) is 10.0 Å². The molecule has 0 radical (unpaired) electrons. The molecule has 2 unspecified atom stereocenters. The highest BCUT2D eigenvalue weighted by Crippen LogP contribution is 2.40. The van der Waals surface area contributed by atoms with Crippen LogP contribution in [-0.4, -0.2) is 36.0 Å². The number of aliphatic hydroxyl groups is 1. The minimum Gasteiger partial charge on any atom is -0.393 e. The summed E-state index contributed by atoms with van der Waals surface area (Å²) >= 11 is 0. The predicted octanol–water partition coefficient (Wildman–Crippen LogP) is 1.54. The molecule has 1 aromatic rings. The number of nitrogens with zero attached hydrogens (tertiary/aromatic N) is 2. The Morgan fingerprint density at radius 1 is 1.29 bits per heavy atom. The van der Waals surface area contributed by atoms with Crippen LogP contribution in [0.3, 0.4) is 0 Å². The summed E-state index contributed by atoms with van der Waals surface area (Å²) in [7, 11) is -3.61. The third kappa shape index (κ3) is 2.35. The van der Waals surface area contributed by atoms with E-state index in [4.69, 9.17) is 5.26 Å². The maximum Gasteiger partial charge on any atom is 0.243 e. The molecule has 0 saturated carbocycles. The first-order valence-electron chi connectivity index (χ1n) is 7.16. The number of sulfonamides is 1. The average molecular weight is 306 g/mol. The second kappa shape index (κ2) is 5.09. The minimum absolute atomic E-state index is 0.117. The molecule has 1 aromatic carbocycles. The fraction of sp³-hybridized carbons (Fsp3) is 0.533. The van der Waals surface area contributed by atoms with Crippen molar-refractivity contribution in [3.63, 3.8) is 0 Å². The Labute approximate surface area is 124 Å². The Kier molecular flexibility index (Phi) is 3.52. The molecule has 3 rings (SSSR count). The Hall–Kier alpha value is -1.42. The quantitative estimate of drug-likeness (QED) is 0.898. The summed E-state index contributed by atoms with van der Waals surface area (Å²) in [5.41, 5.74) is 1.00. The van der Waals surface area contributed by atoms with Crippen molar-refractivity contribution < 1.29 is 13.5 Å². The van der Waals surface area contributed by atoms with Crippen molar-refractivity contribution in [1.29, 1.82) is 5.26 Å². The fourth-order valence-electron chi connectivity index (χ4n) is 3.56. The molecule has 0 aromatic heterocycles. The van der Waals surface area contributed by atoms with Crippen LogP contribution >= 0.6 is 0 Å². The van der Waals surface area contributed by atoms with Crippen molar-refractivity contribution in [3.8, 4) is 6.07 Å². The van der Waals surface area contributed by atoms with E-state index in [0.717, 1.165) is 12.8 Å². The summed E-state index contributed by atoms with van der Waals surface area (Å²) in [6.45, 7) is 1.74. The number of aliphatic hydroxyl groups excluding tert-OH is 1. The first-order valence-corrected chi connectivity index (χ1v) is 8.60. The second-order valence-corrected chi connectivity index (χ2v) is 7.75. The number of rotatable bonds is 2. The van der Waals surface area contributed by atoms with Gasteiger partial charge >= 0.3 is 0 Å². The van der Waals surface area contributed by atoms with Gasteiger partial charge in [0.05, 0.1) is 22.6 Å². The molecular weight excluding hydrogens is 288 g/mol. The molecule has 2 saturated heterocycles. The first kappa shape index (κ1) is 14.5. The summed E-state index contributed by atoms with van der Waals surface area (Å²) in [5, 5.41) is 18.8. The number of piperidine rings is 1. The molecular formula is C15H18N2O3S. The van der Waals surface area contributed by atoms with E-state index in [2.05, 4.69) is 0 Å². The van der Waals surface area contributed by atoms with Gasteiger partial charge in [-0.15, -0.1) is 0 Å². The molecule has 21 heavy (non-hydrogen) atoms. The lowest BCUT2D eigenvalue weighted by Gasteiger charge is -2.36. The summed E-state index contributed by atoms with van der Waals surface area (Å²) in [6, 6.07) is 6.51. The van der Waals surface area contributed by atoms with Gasteiger partial charge in [-0.1, -0.05) is 6.07 Å². The summed E-state index contributed by atoms with van der Waals surface area (Å²) in [4.78, 5) is 0.217. The molecule has 2 fully saturated rings. The number of hydrogen-bond donors (Lipinski definition) is 1. The number of hydrogen-bond acceptors (Lipinski definition) is 4. The Morgan fingerprint density at radius 2 is 1.90 bits per heavy atom. The maximum absolute atomic E-state index is 13.0. The van der Waals surface area contributed by atoms with Crippen molar-refractivity contribution >= 4 is 10.0 Å². The smallest absolute Gasteiger partial charge is 0.243 e. The molecule has 5 nitrogen and oxygen atoms in total.